The highest BCUT2D eigenvalue weighted by Crippen LogP contribution is 2.30. The van der Waals surface area contributed by atoms with Crippen LogP contribution in [-0.4, -0.2) is 36.3 Å². The molecule has 18 heavy (non-hydrogen) atoms. The van der Waals surface area contributed by atoms with Gasteiger partial charge < -0.3 is 15.4 Å². The zero-order valence-corrected chi connectivity index (χ0v) is 9.57. The number of aromatic nitrogens is 2. The molecule has 2 N–H and O–H groups in total. The summed E-state index contributed by atoms with van der Waals surface area (Å²) in [6.45, 7) is 2.15. The van der Waals surface area contributed by atoms with Crippen molar-refractivity contribution in [1.29, 1.82) is 0 Å². The van der Waals surface area contributed by atoms with E-state index in [1.54, 1.807) is 4.90 Å². The lowest BCUT2D eigenvalue weighted by Gasteiger charge is -2.21. The van der Waals surface area contributed by atoms with Gasteiger partial charge in [-0.3, -0.25) is 0 Å². The Morgan fingerprint density at radius 3 is 2.72 bits per heavy atom. The van der Waals surface area contributed by atoms with E-state index < -0.39 is 11.9 Å². The molecule has 0 saturated carbocycles. The van der Waals surface area contributed by atoms with Gasteiger partial charge in [-0.25, -0.2) is 4.98 Å². The second kappa shape index (κ2) is 4.97. The second-order valence-electron chi connectivity index (χ2n) is 3.92. The summed E-state index contributed by atoms with van der Waals surface area (Å²) in [4.78, 5) is 8.78. The number of nitrogen functional groups attached to an aromatic ring is 1. The van der Waals surface area contributed by atoms with Crippen molar-refractivity contribution in [1.82, 2.24) is 9.97 Å². The van der Waals surface area contributed by atoms with Crippen molar-refractivity contribution in [2.24, 2.45) is 0 Å². The van der Waals surface area contributed by atoms with Crippen LogP contribution in [0.1, 0.15) is 12.1 Å². The van der Waals surface area contributed by atoms with Gasteiger partial charge in [-0.2, -0.15) is 18.2 Å². The molecule has 2 heterocycles. The topological polar surface area (TPSA) is 64.3 Å². The Labute approximate surface area is 102 Å². The van der Waals surface area contributed by atoms with Crippen molar-refractivity contribution in [2.75, 3.05) is 36.9 Å². The fourth-order valence-electron chi connectivity index (χ4n) is 1.74. The Morgan fingerprint density at radius 2 is 2.00 bits per heavy atom. The summed E-state index contributed by atoms with van der Waals surface area (Å²) in [5.74, 6) is -0.176. The SMILES string of the molecule is Nc1nc(N2CCCOCC2)cc(C(F)(F)F)n1. The number of hydrogen-bond donors (Lipinski definition) is 1. The van der Waals surface area contributed by atoms with E-state index in [4.69, 9.17) is 10.5 Å². The lowest BCUT2D eigenvalue weighted by molar-refractivity contribution is -0.141. The smallest absolute Gasteiger partial charge is 0.380 e. The molecule has 1 fully saturated rings. The normalized spacial score (nSPS) is 17.6. The second-order valence-corrected chi connectivity index (χ2v) is 3.92. The van der Waals surface area contributed by atoms with E-state index in [0.29, 0.717) is 26.3 Å². The van der Waals surface area contributed by atoms with Crippen LogP contribution >= 0.6 is 0 Å². The minimum atomic E-state index is -4.52. The van der Waals surface area contributed by atoms with Crippen LogP contribution in [0.4, 0.5) is 24.9 Å². The average Bonchev–Trinajstić information content (AvgIpc) is 2.55. The summed E-state index contributed by atoms with van der Waals surface area (Å²) < 4.78 is 43.1. The zero-order chi connectivity index (χ0) is 13.2. The summed E-state index contributed by atoms with van der Waals surface area (Å²) in [6, 6.07) is 0.918. The highest BCUT2D eigenvalue weighted by molar-refractivity contribution is 5.44. The molecule has 1 aliphatic heterocycles. The molecule has 0 amide bonds. The fraction of sp³-hybridized carbons (Fsp3) is 0.600. The van der Waals surface area contributed by atoms with E-state index in [-0.39, 0.29) is 11.8 Å². The van der Waals surface area contributed by atoms with Crippen LogP contribution in [0.3, 0.4) is 0 Å². The summed E-state index contributed by atoms with van der Waals surface area (Å²) in [6.07, 6.45) is -3.78. The van der Waals surface area contributed by atoms with Crippen LogP contribution in [0.25, 0.3) is 0 Å². The van der Waals surface area contributed by atoms with Gasteiger partial charge in [0.2, 0.25) is 5.95 Å². The van der Waals surface area contributed by atoms with Gasteiger partial charge in [0, 0.05) is 25.8 Å². The van der Waals surface area contributed by atoms with Crippen LogP contribution in [0, 0.1) is 0 Å². The molecule has 0 aromatic carbocycles. The van der Waals surface area contributed by atoms with Crippen molar-refractivity contribution in [2.45, 2.75) is 12.6 Å². The van der Waals surface area contributed by atoms with Gasteiger partial charge in [-0.1, -0.05) is 0 Å². The van der Waals surface area contributed by atoms with Crippen LogP contribution < -0.4 is 10.6 Å². The molecule has 0 bridgehead atoms. The number of alkyl halides is 3. The molecule has 0 spiro atoms. The van der Waals surface area contributed by atoms with Crippen LogP contribution in [0.5, 0.6) is 0 Å². The van der Waals surface area contributed by atoms with E-state index in [1.807, 2.05) is 0 Å². The molecule has 1 saturated heterocycles. The standard InChI is InChI=1S/C10H13F3N4O/c11-10(12,13)7-6-8(16-9(14)15-7)17-2-1-4-18-5-3-17/h6H,1-5H2,(H2,14,15,16). The molecule has 0 unspecified atom stereocenters. The maximum atomic E-state index is 12.6. The molecule has 0 radical (unpaired) electrons. The third-order valence-electron chi connectivity index (χ3n) is 2.57. The van der Waals surface area contributed by atoms with Crippen molar-refractivity contribution >= 4 is 11.8 Å². The van der Waals surface area contributed by atoms with E-state index in [2.05, 4.69) is 9.97 Å². The number of ether oxygens (including phenoxy) is 1. The lowest BCUT2D eigenvalue weighted by Crippen LogP contribution is -2.28. The Kier molecular flexibility index (Phi) is 3.55. The van der Waals surface area contributed by atoms with Crippen LogP contribution in [-0.2, 0) is 10.9 Å². The first-order valence-electron chi connectivity index (χ1n) is 5.51. The first kappa shape index (κ1) is 12.9. The van der Waals surface area contributed by atoms with Gasteiger partial charge in [0.25, 0.3) is 0 Å². The van der Waals surface area contributed by atoms with Gasteiger partial charge in [0.15, 0.2) is 5.69 Å². The van der Waals surface area contributed by atoms with Gasteiger partial charge >= 0.3 is 6.18 Å². The minimum Gasteiger partial charge on any atom is -0.380 e. The first-order valence-corrected chi connectivity index (χ1v) is 5.51. The van der Waals surface area contributed by atoms with Gasteiger partial charge in [-0.15, -0.1) is 0 Å². The van der Waals surface area contributed by atoms with Crippen molar-refractivity contribution in [3.05, 3.63) is 11.8 Å². The molecule has 100 valence electrons. The first-order chi connectivity index (χ1) is 8.47. The highest BCUT2D eigenvalue weighted by Gasteiger charge is 2.34. The number of nitrogens with two attached hydrogens (primary N) is 1. The number of rotatable bonds is 1. The maximum Gasteiger partial charge on any atom is 0.433 e. The molecule has 0 aliphatic carbocycles. The Balaban J connectivity index is 2.29. The average molecular weight is 262 g/mol. The molecule has 0 atom stereocenters. The van der Waals surface area contributed by atoms with E-state index in [9.17, 15) is 13.2 Å². The Hall–Kier alpha value is -1.57. The molecule has 5 nitrogen and oxygen atoms in total. The Morgan fingerprint density at radius 1 is 1.22 bits per heavy atom. The molecular formula is C10H13F3N4O. The number of hydrogen-bond acceptors (Lipinski definition) is 5. The third kappa shape index (κ3) is 3.00. The quantitative estimate of drug-likeness (QED) is 0.826. The number of halogens is 3. The molecular weight excluding hydrogens is 249 g/mol. The lowest BCUT2D eigenvalue weighted by atomic mass is 10.3. The molecule has 1 aromatic heterocycles. The molecule has 1 aliphatic rings. The van der Waals surface area contributed by atoms with Gasteiger partial charge in [-0.05, 0) is 6.42 Å². The van der Waals surface area contributed by atoms with Crippen LogP contribution in [0.15, 0.2) is 6.07 Å². The minimum absolute atomic E-state index is 0.195. The number of nitrogens with zero attached hydrogens (tertiary/aromatic N) is 3. The summed E-state index contributed by atoms with van der Waals surface area (Å²) >= 11 is 0. The predicted molar refractivity (Wildman–Crippen MR) is 59.1 cm³/mol. The van der Waals surface area contributed by atoms with Crippen molar-refractivity contribution in [3.63, 3.8) is 0 Å². The van der Waals surface area contributed by atoms with Crippen molar-refractivity contribution in [3.8, 4) is 0 Å². The Bertz CT molecular complexity index is 416. The summed E-state index contributed by atoms with van der Waals surface area (Å²) in [7, 11) is 0. The zero-order valence-electron chi connectivity index (χ0n) is 9.57. The van der Waals surface area contributed by atoms with Gasteiger partial charge in [0.05, 0.1) is 6.61 Å². The van der Waals surface area contributed by atoms with Gasteiger partial charge in [0.1, 0.15) is 5.82 Å². The molecule has 2 rings (SSSR count). The molecule has 8 heteroatoms. The third-order valence-corrected chi connectivity index (χ3v) is 2.57. The van der Waals surface area contributed by atoms with E-state index in [1.165, 1.54) is 0 Å². The van der Waals surface area contributed by atoms with E-state index >= 15 is 0 Å². The largest absolute Gasteiger partial charge is 0.433 e. The summed E-state index contributed by atoms with van der Waals surface area (Å²) in [5.41, 5.74) is 4.30. The maximum absolute atomic E-state index is 12.6. The van der Waals surface area contributed by atoms with Crippen LogP contribution in [0.2, 0.25) is 0 Å². The monoisotopic (exact) mass is 262 g/mol. The molecule has 1 aromatic rings. The van der Waals surface area contributed by atoms with Crippen molar-refractivity contribution < 1.29 is 17.9 Å². The predicted octanol–water partition coefficient (Wildman–Crippen LogP) is 1.30. The highest BCUT2D eigenvalue weighted by atomic mass is 19.4. The van der Waals surface area contributed by atoms with E-state index in [0.717, 1.165) is 12.5 Å². The fourth-order valence-corrected chi connectivity index (χ4v) is 1.74. The summed E-state index contributed by atoms with van der Waals surface area (Å²) in [5, 5.41) is 0. The number of anilines is 2.